The summed E-state index contributed by atoms with van der Waals surface area (Å²) in [5.41, 5.74) is 2.25. The monoisotopic (exact) mass is 292 g/mol. The third-order valence-electron chi connectivity index (χ3n) is 3.21. The molecule has 1 aromatic carbocycles. The van der Waals surface area contributed by atoms with Crippen molar-refractivity contribution in [3.05, 3.63) is 58.0 Å². The average Bonchev–Trinajstić information content (AvgIpc) is 2.82. The van der Waals surface area contributed by atoms with Gasteiger partial charge in [0, 0.05) is 29.6 Å². The van der Waals surface area contributed by atoms with E-state index in [9.17, 15) is 14.0 Å². The van der Waals surface area contributed by atoms with Crippen molar-refractivity contribution in [2.75, 3.05) is 0 Å². The molecule has 6 nitrogen and oxygen atoms in total. The summed E-state index contributed by atoms with van der Waals surface area (Å²) in [4.78, 5) is 23.6. The van der Waals surface area contributed by atoms with Crippen molar-refractivity contribution in [2.45, 2.75) is 26.4 Å². The van der Waals surface area contributed by atoms with Gasteiger partial charge in [-0.15, -0.1) is 0 Å². The van der Waals surface area contributed by atoms with E-state index in [1.807, 2.05) is 19.3 Å². The number of nitrogen functional groups attached to an aromatic ring is 1. The van der Waals surface area contributed by atoms with E-state index in [1.54, 1.807) is 17.0 Å². The number of amides is 1. The number of carbonyl (C=O) groups excluding carboxylic acids is 1. The van der Waals surface area contributed by atoms with Gasteiger partial charge in [-0.3, -0.25) is 19.4 Å². The number of aromatic nitrogens is 2. The molecule has 0 atom stereocenters. The first kappa shape index (κ1) is 15.0. The van der Waals surface area contributed by atoms with Gasteiger partial charge in [0.15, 0.2) is 0 Å². The second-order valence-electron chi connectivity index (χ2n) is 4.99. The summed E-state index contributed by atoms with van der Waals surface area (Å²) >= 11 is 0. The average molecular weight is 292 g/mol. The lowest BCUT2D eigenvalue weighted by Gasteiger charge is -2.07. The molecule has 2 rings (SSSR count). The molecule has 1 heterocycles. The lowest BCUT2D eigenvalue weighted by molar-refractivity contribution is 0.0953. The quantitative estimate of drug-likeness (QED) is 0.501. The fraction of sp³-hybridized carbons (Fsp3) is 0.286. The highest BCUT2D eigenvalue weighted by molar-refractivity contribution is 5.93. The van der Waals surface area contributed by atoms with Gasteiger partial charge in [-0.25, -0.2) is 15.0 Å². The second-order valence-corrected chi connectivity index (χ2v) is 4.99. The van der Waals surface area contributed by atoms with Crippen LogP contribution in [0.5, 0.6) is 0 Å². The van der Waals surface area contributed by atoms with Gasteiger partial charge in [-0.2, -0.15) is 0 Å². The van der Waals surface area contributed by atoms with E-state index >= 15 is 0 Å². The van der Waals surface area contributed by atoms with Crippen LogP contribution in [0.25, 0.3) is 0 Å². The molecule has 0 saturated heterocycles. The summed E-state index contributed by atoms with van der Waals surface area (Å²) in [6, 6.07) is 3.93. The third kappa shape index (κ3) is 3.03. The number of halogens is 1. The zero-order valence-electron chi connectivity index (χ0n) is 11.8. The third-order valence-corrected chi connectivity index (χ3v) is 3.21. The van der Waals surface area contributed by atoms with Crippen LogP contribution >= 0.6 is 0 Å². The molecule has 0 aliphatic rings. The van der Waals surface area contributed by atoms with E-state index < -0.39 is 11.7 Å². The zero-order chi connectivity index (χ0) is 15.6. The number of nitrogens with zero attached hydrogens (tertiary/aromatic N) is 2. The van der Waals surface area contributed by atoms with Gasteiger partial charge in [0.1, 0.15) is 5.82 Å². The Bertz CT molecular complexity index is 718. The van der Waals surface area contributed by atoms with Crippen LogP contribution in [-0.2, 0) is 6.54 Å². The van der Waals surface area contributed by atoms with Crippen molar-refractivity contribution in [2.24, 2.45) is 5.84 Å². The van der Waals surface area contributed by atoms with Crippen LogP contribution in [0, 0.1) is 5.82 Å². The van der Waals surface area contributed by atoms with Crippen LogP contribution in [0.1, 0.15) is 35.8 Å². The highest BCUT2D eigenvalue weighted by Crippen LogP contribution is 2.12. The molecular formula is C14H17FN4O2. The van der Waals surface area contributed by atoms with E-state index in [4.69, 9.17) is 5.84 Å². The van der Waals surface area contributed by atoms with E-state index in [0.29, 0.717) is 0 Å². The van der Waals surface area contributed by atoms with Gasteiger partial charge in [-0.1, -0.05) is 0 Å². The predicted molar refractivity (Wildman–Crippen MR) is 76.2 cm³/mol. The van der Waals surface area contributed by atoms with Gasteiger partial charge in [0.25, 0.3) is 5.91 Å². The van der Waals surface area contributed by atoms with Crippen molar-refractivity contribution in [3.63, 3.8) is 0 Å². The number of hydrazine groups is 1. The number of benzene rings is 1. The van der Waals surface area contributed by atoms with Crippen LogP contribution in [0.15, 0.2) is 35.4 Å². The maximum Gasteiger partial charge on any atom is 0.328 e. The van der Waals surface area contributed by atoms with Gasteiger partial charge in [0.2, 0.25) is 0 Å². The molecule has 112 valence electrons. The minimum absolute atomic E-state index is 0.0259. The minimum atomic E-state index is -0.511. The zero-order valence-corrected chi connectivity index (χ0v) is 11.8. The Morgan fingerprint density at radius 1 is 1.38 bits per heavy atom. The fourth-order valence-electron chi connectivity index (χ4n) is 2.05. The first-order valence-corrected chi connectivity index (χ1v) is 6.50. The molecule has 0 saturated carbocycles. The van der Waals surface area contributed by atoms with E-state index in [1.165, 1.54) is 22.8 Å². The summed E-state index contributed by atoms with van der Waals surface area (Å²) in [5.74, 6) is 4.06. The largest absolute Gasteiger partial charge is 0.328 e. The lowest BCUT2D eigenvalue weighted by atomic mass is 10.1. The highest BCUT2D eigenvalue weighted by Gasteiger charge is 2.12. The smallest absolute Gasteiger partial charge is 0.297 e. The van der Waals surface area contributed by atoms with Gasteiger partial charge in [-0.05, 0) is 32.0 Å². The van der Waals surface area contributed by atoms with Crippen LogP contribution in [0.3, 0.4) is 0 Å². The summed E-state index contributed by atoms with van der Waals surface area (Å²) in [5, 5.41) is 0. The Hall–Kier alpha value is -2.41. The molecule has 7 heteroatoms. The number of hydrogen-bond acceptors (Lipinski definition) is 3. The van der Waals surface area contributed by atoms with Gasteiger partial charge in [0.05, 0.1) is 6.54 Å². The Kier molecular flexibility index (Phi) is 4.23. The van der Waals surface area contributed by atoms with Crippen LogP contribution in [0.2, 0.25) is 0 Å². The maximum atomic E-state index is 13.8. The maximum absolute atomic E-state index is 13.8. The van der Waals surface area contributed by atoms with Crippen LogP contribution in [0.4, 0.5) is 4.39 Å². The summed E-state index contributed by atoms with van der Waals surface area (Å²) < 4.78 is 16.8. The molecule has 0 radical (unpaired) electrons. The van der Waals surface area contributed by atoms with Crippen molar-refractivity contribution in [3.8, 4) is 0 Å². The van der Waals surface area contributed by atoms with Gasteiger partial charge >= 0.3 is 5.69 Å². The molecule has 0 aliphatic carbocycles. The first-order valence-electron chi connectivity index (χ1n) is 6.50. The molecule has 2 aromatic rings. The van der Waals surface area contributed by atoms with Crippen LogP contribution < -0.4 is 17.0 Å². The van der Waals surface area contributed by atoms with Crippen molar-refractivity contribution in [1.82, 2.24) is 14.6 Å². The van der Waals surface area contributed by atoms with E-state index in [-0.39, 0.29) is 29.4 Å². The first-order chi connectivity index (χ1) is 9.93. The molecule has 1 aromatic heterocycles. The number of imidazole rings is 1. The molecule has 21 heavy (non-hydrogen) atoms. The van der Waals surface area contributed by atoms with E-state index in [0.717, 1.165) is 0 Å². The molecule has 0 fully saturated rings. The summed E-state index contributed by atoms with van der Waals surface area (Å²) in [7, 11) is 0. The molecule has 0 unspecified atom stereocenters. The molecule has 1 amide bonds. The van der Waals surface area contributed by atoms with Gasteiger partial charge < -0.3 is 0 Å². The highest BCUT2D eigenvalue weighted by atomic mass is 19.1. The Morgan fingerprint density at radius 2 is 2.10 bits per heavy atom. The number of carbonyl (C=O) groups is 1. The number of hydrogen-bond donors (Lipinski definition) is 2. The standard InChI is InChI=1S/C14H17FN4O2/c1-9(2)19-6-5-18(14(19)21)8-11-7-10(13(20)17-16)3-4-12(11)15/h3-7,9H,8,16H2,1-2H3,(H,17,20). The number of nitrogens with two attached hydrogens (primary N) is 1. The minimum Gasteiger partial charge on any atom is -0.297 e. The van der Waals surface area contributed by atoms with E-state index in [2.05, 4.69) is 0 Å². The molecule has 0 spiro atoms. The van der Waals surface area contributed by atoms with Crippen molar-refractivity contribution >= 4 is 5.91 Å². The fourth-order valence-corrected chi connectivity index (χ4v) is 2.05. The molecule has 0 aliphatic heterocycles. The number of nitrogens with one attached hydrogen (secondary N) is 1. The SMILES string of the molecule is CC(C)n1ccn(Cc2cc(C(=O)NN)ccc2F)c1=O. The summed E-state index contributed by atoms with van der Waals surface area (Å²) in [6.45, 7) is 3.83. The number of rotatable bonds is 4. The van der Waals surface area contributed by atoms with Crippen LogP contribution in [-0.4, -0.2) is 15.0 Å². The van der Waals surface area contributed by atoms with Crippen molar-refractivity contribution < 1.29 is 9.18 Å². The molecule has 3 N–H and O–H groups in total. The predicted octanol–water partition coefficient (Wildman–Crippen LogP) is 1.02. The normalized spacial score (nSPS) is 10.9. The lowest BCUT2D eigenvalue weighted by Crippen LogP contribution is -2.30. The Balaban J connectivity index is 2.35. The topological polar surface area (TPSA) is 82.1 Å². The molecule has 0 bridgehead atoms. The Labute approximate surface area is 121 Å². The summed E-state index contributed by atoms with van der Waals surface area (Å²) in [6.07, 6.45) is 3.25. The Morgan fingerprint density at radius 3 is 2.67 bits per heavy atom. The second kappa shape index (κ2) is 5.92. The van der Waals surface area contributed by atoms with Crippen molar-refractivity contribution in [1.29, 1.82) is 0 Å². The molecular weight excluding hydrogens is 275 g/mol.